The van der Waals surface area contributed by atoms with E-state index >= 15 is 0 Å². The molecule has 0 aliphatic heterocycles. The van der Waals surface area contributed by atoms with Gasteiger partial charge in [0.2, 0.25) is 0 Å². The average Bonchev–Trinajstić information content (AvgIpc) is 2.94. The van der Waals surface area contributed by atoms with Crippen molar-refractivity contribution in [1.82, 2.24) is 9.97 Å². The van der Waals surface area contributed by atoms with Gasteiger partial charge < -0.3 is 15.5 Å². The number of anilines is 1. The van der Waals surface area contributed by atoms with Crippen LogP contribution in [0.25, 0.3) is 0 Å². The number of nitrogens with two attached hydrogens (primary N) is 1. The summed E-state index contributed by atoms with van der Waals surface area (Å²) in [6.45, 7) is 0.876. The molecule has 1 aliphatic rings. The molecule has 0 radical (unpaired) electrons. The average molecular weight is 345 g/mol. The van der Waals surface area contributed by atoms with E-state index in [1.807, 2.05) is 18.2 Å². The van der Waals surface area contributed by atoms with Crippen LogP contribution in [0, 0.1) is 0 Å². The van der Waals surface area contributed by atoms with Crippen molar-refractivity contribution in [2.24, 2.45) is 5.73 Å². The molecule has 1 saturated carbocycles. The molecule has 5 nitrogen and oxygen atoms in total. The second-order valence-electron chi connectivity index (χ2n) is 5.37. The Balaban J connectivity index is 0.00000121. The van der Waals surface area contributed by atoms with Gasteiger partial charge >= 0.3 is 0 Å². The highest BCUT2D eigenvalue weighted by Gasteiger charge is 2.28. The SMILES string of the molecule is Cl.Cl.NC1CC(c2cc(NCCCc3ccco3)ncn2)C1. The summed E-state index contributed by atoms with van der Waals surface area (Å²) >= 11 is 0. The number of nitrogens with zero attached hydrogens (tertiary/aromatic N) is 2. The summed E-state index contributed by atoms with van der Waals surface area (Å²) in [5.41, 5.74) is 6.93. The molecule has 7 heteroatoms. The van der Waals surface area contributed by atoms with Crippen LogP contribution < -0.4 is 11.1 Å². The van der Waals surface area contributed by atoms with Gasteiger partial charge in [0.25, 0.3) is 0 Å². The first kappa shape index (κ1) is 18.7. The van der Waals surface area contributed by atoms with Gasteiger partial charge in [-0.2, -0.15) is 0 Å². The normalized spacial score (nSPS) is 19.5. The zero-order chi connectivity index (χ0) is 13.8. The van der Waals surface area contributed by atoms with Crippen LogP contribution in [0.15, 0.2) is 35.2 Å². The lowest BCUT2D eigenvalue weighted by atomic mass is 9.79. The third-order valence-corrected chi connectivity index (χ3v) is 3.77. The molecule has 122 valence electrons. The molecule has 0 atom stereocenters. The quantitative estimate of drug-likeness (QED) is 0.787. The van der Waals surface area contributed by atoms with E-state index in [0.29, 0.717) is 12.0 Å². The summed E-state index contributed by atoms with van der Waals surface area (Å²) in [7, 11) is 0. The van der Waals surface area contributed by atoms with Gasteiger partial charge in [-0.05, 0) is 31.4 Å². The smallest absolute Gasteiger partial charge is 0.129 e. The monoisotopic (exact) mass is 344 g/mol. The Morgan fingerprint density at radius 1 is 1.27 bits per heavy atom. The Bertz CT molecular complexity index is 544. The van der Waals surface area contributed by atoms with E-state index in [1.165, 1.54) is 0 Å². The summed E-state index contributed by atoms with van der Waals surface area (Å²) in [6.07, 6.45) is 7.37. The van der Waals surface area contributed by atoms with Crippen molar-refractivity contribution in [3.63, 3.8) is 0 Å². The number of nitrogens with one attached hydrogen (secondary N) is 1. The van der Waals surface area contributed by atoms with Crippen molar-refractivity contribution in [3.05, 3.63) is 42.2 Å². The summed E-state index contributed by atoms with van der Waals surface area (Å²) < 4.78 is 5.30. The Hall–Kier alpha value is -1.30. The zero-order valence-electron chi connectivity index (χ0n) is 12.3. The number of furan rings is 1. The van der Waals surface area contributed by atoms with Crippen molar-refractivity contribution in [2.45, 2.75) is 37.6 Å². The lowest BCUT2D eigenvalue weighted by Crippen LogP contribution is -2.35. The molecule has 3 rings (SSSR count). The second-order valence-corrected chi connectivity index (χ2v) is 5.37. The van der Waals surface area contributed by atoms with Crippen LogP contribution in [-0.2, 0) is 6.42 Å². The Morgan fingerprint density at radius 3 is 2.77 bits per heavy atom. The summed E-state index contributed by atoms with van der Waals surface area (Å²) in [4.78, 5) is 8.60. The van der Waals surface area contributed by atoms with Crippen molar-refractivity contribution >= 4 is 30.6 Å². The maximum Gasteiger partial charge on any atom is 0.129 e. The molecule has 2 aromatic rings. The minimum Gasteiger partial charge on any atom is -0.469 e. The molecule has 1 aliphatic carbocycles. The highest BCUT2D eigenvalue weighted by Crippen LogP contribution is 2.34. The molecular formula is C15H22Cl2N4O. The topological polar surface area (TPSA) is 77.0 Å². The molecule has 0 spiro atoms. The van der Waals surface area contributed by atoms with Crippen LogP contribution in [0.2, 0.25) is 0 Å². The predicted molar refractivity (Wildman–Crippen MR) is 92.0 cm³/mol. The fourth-order valence-electron chi connectivity index (χ4n) is 2.53. The van der Waals surface area contributed by atoms with Crippen LogP contribution in [0.5, 0.6) is 0 Å². The third kappa shape index (κ3) is 4.87. The Labute approximate surface area is 142 Å². The first-order valence-electron chi connectivity index (χ1n) is 7.15. The van der Waals surface area contributed by atoms with Gasteiger partial charge in [0.1, 0.15) is 17.9 Å². The molecule has 0 amide bonds. The highest BCUT2D eigenvalue weighted by atomic mass is 35.5. The van der Waals surface area contributed by atoms with Crippen molar-refractivity contribution in [2.75, 3.05) is 11.9 Å². The fourth-order valence-corrected chi connectivity index (χ4v) is 2.53. The molecule has 22 heavy (non-hydrogen) atoms. The number of hydrogen-bond acceptors (Lipinski definition) is 5. The molecule has 1 fully saturated rings. The van der Waals surface area contributed by atoms with Crippen LogP contribution in [0.4, 0.5) is 5.82 Å². The van der Waals surface area contributed by atoms with E-state index in [-0.39, 0.29) is 24.8 Å². The fraction of sp³-hybridized carbons (Fsp3) is 0.467. The second kappa shape index (κ2) is 8.98. The highest BCUT2D eigenvalue weighted by molar-refractivity contribution is 5.85. The third-order valence-electron chi connectivity index (χ3n) is 3.77. The van der Waals surface area contributed by atoms with E-state index in [1.54, 1.807) is 12.6 Å². The predicted octanol–water partition coefficient (Wildman–Crippen LogP) is 3.16. The van der Waals surface area contributed by atoms with E-state index in [9.17, 15) is 0 Å². The van der Waals surface area contributed by atoms with E-state index < -0.39 is 0 Å². The van der Waals surface area contributed by atoms with Gasteiger partial charge in [0, 0.05) is 36.7 Å². The molecule has 3 N–H and O–H groups in total. The lowest BCUT2D eigenvalue weighted by Gasteiger charge is -2.31. The van der Waals surface area contributed by atoms with Gasteiger partial charge in [0.05, 0.1) is 6.26 Å². The number of halogens is 2. The molecule has 0 unspecified atom stereocenters. The van der Waals surface area contributed by atoms with Crippen LogP contribution in [-0.4, -0.2) is 22.6 Å². The number of rotatable bonds is 6. The van der Waals surface area contributed by atoms with Gasteiger partial charge in [-0.3, -0.25) is 0 Å². The maximum atomic E-state index is 5.82. The van der Waals surface area contributed by atoms with Crippen molar-refractivity contribution in [3.8, 4) is 0 Å². The number of aryl methyl sites for hydroxylation is 1. The standard InChI is InChI=1S/C15H20N4O.2ClH/c16-12-7-11(8-12)14-9-15(19-10-18-14)17-5-1-3-13-4-2-6-20-13;;/h2,4,6,9-12H,1,3,5,7-8,16H2,(H,17,18,19);2*1H. The Kier molecular flexibility index (Phi) is 7.65. The van der Waals surface area contributed by atoms with Gasteiger partial charge in [0.15, 0.2) is 0 Å². The minimum absolute atomic E-state index is 0. The first-order valence-corrected chi connectivity index (χ1v) is 7.15. The van der Waals surface area contributed by atoms with E-state index in [2.05, 4.69) is 15.3 Å². The van der Waals surface area contributed by atoms with Gasteiger partial charge in [-0.15, -0.1) is 24.8 Å². The van der Waals surface area contributed by atoms with Gasteiger partial charge in [-0.1, -0.05) is 0 Å². The number of hydrogen-bond donors (Lipinski definition) is 2. The maximum absolute atomic E-state index is 5.82. The molecule has 2 heterocycles. The van der Waals surface area contributed by atoms with E-state index in [0.717, 1.165) is 49.5 Å². The van der Waals surface area contributed by atoms with Crippen LogP contribution >= 0.6 is 24.8 Å². The zero-order valence-corrected chi connectivity index (χ0v) is 13.9. The van der Waals surface area contributed by atoms with E-state index in [4.69, 9.17) is 10.2 Å². The van der Waals surface area contributed by atoms with Gasteiger partial charge in [-0.25, -0.2) is 9.97 Å². The van der Waals surface area contributed by atoms with Crippen LogP contribution in [0.1, 0.15) is 36.6 Å². The van der Waals surface area contributed by atoms with Crippen LogP contribution in [0.3, 0.4) is 0 Å². The minimum atomic E-state index is 0. The summed E-state index contributed by atoms with van der Waals surface area (Å²) in [5, 5.41) is 3.34. The molecular weight excluding hydrogens is 323 g/mol. The molecule has 0 aromatic carbocycles. The summed E-state index contributed by atoms with van der Waals surface area (Å²) in [6, 6.07) is 6.31. The Morgan fingerprint density at radius 2 is 2.09 bits per heavy atom. The molecule has 0 saturated heterocycles. The largest absolute Gasteiger partial charge is 0.469 e. The molecule has 0 bridgehead atoms. The lowest BCUT2D eigenvalue weighted by molar-refractivity contribution is 0.345. The van der Waals surface area contributed by atoms with Crippen molar-refractivity contribution in [1.29, 1.82) is 0 Å². The number of aromatic nitrogens is 2. The first-order chi connectivity index (χ1) is 9.81. The molecule has 2 aromatic heterocycles. The summed E-state index contributed by atoms with van der Waals surface area (Å²) in [5.74, 6) is 2.44. The van der Waals surface area contributed by atoms with Crippen molar-refractivity contribution < 1.29 is 4.42 Å².